The summed E-state index contributed by atoms with van der Waals surface area (Å²) in [6, 6.07) is 0. The molecule has 2 rings (SSSR count). The summed E-state index contributed by atoms with van der Waals surface area (Å²) in [7, 11) is 0. The SMILES string of the molecule is CC(Sc1nnc(C2CC2)o1)C(=O)O. The molecule has 0 amide bonds. The number of nitrogens with zero attached hydrogens (tertiary/aromatic N) is 2. The average molecular weight is 214 g/mol. The molecule has 0 bridgehead atoms. The van der Waals surface area contributed by atoms with Crippen LogP contribution in [-0.2, 0) is 4.79 Å². The van der Waals surface area contributed by atoms with Crippen molar-refractivity contribution in [2.75, 3.05) is 0 Å². The van der Waals surface area contributed by atoms with E-state index in [0.717, 1.165) is 24.6 Å². The first-order valence-electron chi connectivity index (χ1n) is 4.39. The van der Waals surface area contributed by atoms with Crippen molar-refractivity contribution in [1.29, 1.82) is 0 Å². The van der Waals surface area contributed by atoms with E-state index >= 15 is 0 Å². The topological polar surface area (TPSA) is 76.2 Å². The molecule has 6 heteroatoms. The fourth-order valence-corrected chi connectivity index (χ4v) is 1.59. The molecule has 1 aliphatic carbocycles. The number of carbonyl (C=O) groups is 1. The maximum absolute atomic E-state index is 10.5. The molecule has 1 aromatic heterocycles. The second kappa shape index (κ2) is 3.61. The lowest BCUT2D eigenvalue weighted by atomic mass is 10.4. The Morgan fingerprint density at radius 3 is 2.93 bits per heavy atom. The molecule has 5 nitrogen and oxygen atoms in total. The minimum atomic E-state index is -0.874. The van der Waals surface area contributed by atoms with Crippen LogP contribution in [0.5, 0.6) is 0 Å². The second-order valence-electron chi connectivity index (χ2n) is 3.28. The molecule has 0 spiro atoms. The summed E-state index contributed by atoms with van der Waals surface area (Å²) < 4.78 is 5.31. The van der Waals surface area contributed by atoms with Gasteiger partial charge in [0.05, 0.1) is 0 Å². The van der Waals surface area contributed by atoms with Crippen molar-refractivity contribution in [3.8, 4) is 0 Å². The van der Waals surface area contributed by atoms with E-state index in [1.165, 1.54) is 0 Å². The normalized spacial score (nSPS) is 18.1. The zero-order chi connectivity index (χ0) is 10.1. The summed E-state index contributed by atoms with van der Waals surface area (Å²) in [5.41, 5.74) is 0. The first-order valence-corrected chi connectivity index (χ1v) is 5.27. The largest absolute Gasteiger partial charge is 0.480 e. The van der Waals surface area contributed by atoms with Gasteiger partial charge in [0.15, 0.2) is 0 Å². The molecule has 14 heavy (non-hydrogen) atoms. The Bertz CT molecular complexity index is 348. The summed E-state index contributed by atoms with van der Waals surface area (Å²) in [4.78, 5) is 10.5. The molecular weight excluding hydrogens is 204 g/mol. The van der Waals surface area contributed by atoms with Gasteiger partial charge in [0.2, 0.25) is 5.89 Å². The summed E-state index contributed by atoms with van der Waals surface area (Å²) in [5, 5.41) is 16.1. The highest BCUT2D eigenvalue weighted by atomic mass is 32.2. The highest BCUT2D eigenvalue weighted by Gasteiger charge is 2.30. The summed E-state index contributed by atoms with van der Waals surface area (Å²) in [5.74, 6) is 0.184. The fourth-order valence-electron chi connectivity index (χ4n) is 0.965. The molecule has 1 aromatic rings. The van der Waals surface area contributed by atoms with Crippen LogP contribution in [0.4, 0.5) is 0 Å². The second-order valence-corrected chi connectivity index (χ2v) is 4.57. The van der Waals surface area contributed by atoms with Crippen molar-refractivity contribution >= 4 is 17.7 Å². The van der Waals surface area contributed by atoms with Crippen LogP contribution in [0.3, 0.4) is 0 Å². The molecular formula is C8H10N2O3S. The number of hydrogen-bond acceptors (Lipinski definition) is 5. The number of aromatic nitrogens is 2. The highest BCUT2D eigenvalue weighted by molar-refractivity contribution is 8.00. The zero-order valence-corrected chi connectivity index (χ0v) is 8.45. The molecule has 1 heterocycles. The molecule has 1 unspecified atom stereocenters. The Labute approximate surface area is 84.9 Å². The minimum absolute atomic E-state index is 0.349. The van der Waals surface area contributed by atoms with Gasteiger partial charge in [-0.3, -0.25) is 4.79 Å². The summed E-state index contributed by atoms with van der Waals surface area (Å²) >= 11 is 1.08. The van der Waals surface area contributed by atoms with Gasteiger partial charge < -0.3 is 9.52 Å². The van der Waals surface area contributed by atoms with Gasteiger partial charge in [0.1, 0.15) is 5.25 Å². The lowest BCUT2D eigenvalue weighted by Crippen LogP contribution is -2.10. The van der Waals surface area contributed by atoms with E-state index in [-0.39, 0.29) is 0 Å². The van der Waals surface area contributed by atoms with E-state index in [4.69, 9.17) is 9.52 Å². The van der Waals surface area contributed by atoms with Crippen molar-refractivity contribution in [2.24, 2.45) is 0 Å². The lowest BCUT2D eigenvalue weighted by Gasteiger charge is -1.99. The third kappa shape index (κ3) is 2.06. The van der Waals surface area contributed by atoms with Crippen molar-refractivity contribution in [2.45, 2.75) is 36.2 Å². The Morgan fingerprint density at radius 1 is 1.64 bits per heavy atom. The van der Waals surface area contributed by atoms with Crippen LogP contribution in [0.25, 0.3) is 0 Å². The molecule has 1 saturated carbocycles. The zero-order valence-electron chi connectivity index (χ0n) is 7.64. The van der Waals surface area contributed by atoms with Gasteiger partial charge in [0.25, 0.3) is 5.22 Å². The number of aliphatic carboxylic acids is 1. The average Bonchev–Trinajstić information content (AvgIpc) is 2.88. The first-order chi connectivity index (χ1) is 6.66. The molecule has 1 fully saturated rings. The van der Waals surface area contributed by atoms with Crippen LogP contribution in [0, 0.1) is 0 Å². The Kier molecular flexibility index (Phi) is 2.45. The lowest BCUT2D eigenvalue weighted by molar-refractivity contribution is -0.136. The first kappa shape index (κ1) is 9.51. The van der Waals surface area contributed by atoms with E-state index in [1.54, 1.807) is 6.92 Å². The van der Waals surface area contributed by atoms with E-state index in [2.05, 4.69) is 10.2 Å². The van der Waals surface area contributed by atoms with Gasteiger partial charge in [0, 0.05) is 5.92 Å². The van der Waals surface area contributed by atoms with Crippen LogP contribution in [0.1, 0.15) is 31.6 Å². The van der Waals surface area contributed by atoms with E-state index < -0.39 is 11.2 Å². The molecule has 0 saturated heterocycles. The smallest absolute Gasteiger partial charge is 0.316 e. The maximum Gasteiger partial charge on any atom is 0.316 e. The summed E-state index contributed by atoms with van der Waals surface area (Å²) in [6.45, 7) is 1.59. The molecule has 76 valence electrons. The van der Waals surface area contributed by atoms with Crippen molar-refractivity contribution < 1.29 is 14.3 Å². The van der Waals surface area contributed by atoms with Gasteiger partial charge in [-0.1, -0.05) is 11.8 Å². The third-order valence-electron chi connectivity index (χ3n) is 1.97. The van der Waals surface area contributed by atoms with Crippen LogP contribution >= 0.6 is 11.8 Å². The van der Waals surface area contributed by atoms with E-state index in [0.29, 0.717) is 17.0 Å². The highest BCUT2D eigenvalue weighted by Crippen LogP contribution is 2.40. The summed E-state index contributed by atoms with van der Waals surface area (Å²) in [6.07, 6.45) is 2.20. The Balaban J connectivity index is 1.98. The number of carboxylic acids is 1. The molecule has 1 N–H and O–H groups in total. The fraction of sp³-hybridized carbons (Fsp3) is 0.625. The van der Waals surface area contributed by atoms with Crippen LogP contribution in [0.2, 0.25) is 0 Å². The molecule has 0 aliphatic heterocycles. The van der Waals surface area contributed by atoms with E-state index in [1.807, 2.05) is 0 Å². The van der Waals surface area contributed by atoms with Crippen LogP contribution in [-0.4, -0.2) is 26.5 Å². The standard InChI is InChI=1S/C8H10N2O3S/c1-4(7(11)12)14-8-10-9-6(13-8)5-2-3-5/h4-5H,2-3H2,1H3,(H,11,12). The minimum Gasteiger partial charge on any atom is -0.480 e. The van der Waals surface area contributed by atoms with Gasteiger partial charge in [-0.15, -0.1) is 10.2 Å². The molecule has 1 aliphatic rings. The van der Waals surface area contributed by atoms with Crippen molar-refractivity contribution in [1.82, 2.24) is 10.2 Å². The number of thioether (sulfide) groups is 1. The predicted molar refractivity (Wildman–Crippen MR) is 49.2 cm³/mol. The quantitative estimate of drug-likeness (QED) is 0.765. The van der Waals surface area contributed by atoms with Crippen LogP contribution in [0.15, 0.2) is 9.64 Å². The molecule has 1 atom stereocenters. The number of rotatable bonds is 4. The number of hydrogen-bond donors (Lipinski definition) is 1. The number of carboxylic acid groups (broad SMARTS) is 1. The maximum atomic E-state index is 10.5. The molecule has 0 radical (unpaired) electrons. The third-order valence-corrected chi connectivity index (χ3v) is 2.90. The van der Waals surface area contributed by atoms with Gasteiger partial charge in [-0.25, -0.2) is 0 Å². The van der Waals surface area contributed by atoms with Gasteiger partial charge >= 0.3 is 5.97 Å². The Hall–Kier alpha value is -1.04. The van der Waals surface area contributed by atoms with E-state index in [9.17, 15) is 4.79 Å². The Morgan fingerprint density at radius 2 is 2.36 bits per heavy atom. The predicted octanol–water partition coefficient (Wildman–Crippen LogP) is 1.51. The van der Waals surface area contributed by atoms with Crippen molar-refractivity contribution in [3.63, 3.8) is 0 Å². The van der Waals surface area contributed by atoms with Gasteiger partial charge in [-0.2, -0.15) is 0 Å². The van der Waals surface area contributed by atoms with Gasteiger partial charge in [-0.05, 0) is 19.8 Å². The van der Waals surface area contributed by atoms with Crippen molar-refractivity contribution in [3.05, 3.63) is 5.89 Å². The van der Waals surface area contributed by atoms with Crippen LogP contribution < -0.4 is 0 Å². The monoisotopic (exact) mass is 214 g/mol. The molecule has 0 aromatic carbocycles.